The average Bonchev–Trinajstić information content (AvgIpc) is 2.58. The van der Waals surface area contributed by atoms with Gasteiger partial charge in [-0.2, -0.15) is 0 Å². The van der Waals surface area contributed by atoms with E-state index in [1.54, 1.807) is 12.2 Å². The number of carbonyl (C=O) groups is 1. The highest BCUT2D eigenvalue weighted by atomic mass is 16.4. The van der Waals surface area contributed by atoms with Gasteiger partial charge in [-0.1, -0.05) is 107 Å². The molecule has 0 spiro atoms. The van der Waals surface area contributed by atoms with Crippen LogP contribution in [0.2, 0.25) is 0 Å². The lowest BCUT2D eigenvalue weighted by Gasteiger charge is -2.07. The van der Waals surface area contributed by atoms with Crippen molar-refractivity contribution in [2.75, 3.05) is 0 Å². The summed E-state index contributed by atoms with van der Waals surface area (Å²) in [6.45, 7) is 2.23. The SMILES string of the molecule is CCCCCCCCCC(O)CC=CC=CC=CC=CC=CC(=O)O. The third kappa shape index (κ3) is 20.1. The zero-order valence-corrected chi connectivity index (χ0v) is 15.5. The normalized spacial score (nSPS) is 14.0. The van der Waals surface area contributed by atoms with E-state index in [9.17, 15) is 9.90 Å². The quantitative estimate of drug-likeness (QED) is 0.226. The van der Waals surface area contributed by atoms with Gasteiger partial charge >= 0.3 is 5.97 Å². The molecule has 0 aliphatic carbocycles. The summed E-state index contributed by atoms with van der Waals surface area (Å²) >= 11 is 0. The topological polar surface area (TPSA) is 57.5 Å². The van der Waals surface area contributed by atoms with E-state index in [1.165, 1.54) is 44.6 Å². The lowest BCUT2D eigenvalue weighted by atomic mass is 10.0. The zero-order chi connectivity index (χ0) is 18.6. The van der Waals surface area contributed by atoms with Crippen LogP contribution in [0.4, 0.5) is 0 Å². The van der Waals surface area contributed by atoms with Crippen molar-refractivity contribution in [3.05, 3.63) is 60.8 Å². The van der Waals surface area contributed by atoms with Gasteiger partial charge in [0.25, 0.3) is 0 Å². The van der Waals surface area contributed by atoms with Crippen molar-refractivity contribution in [1.29, 1.82) is 0 Å². The molecule has 0 aliphatic heterocycles. The van der Waals surface area contributed by atoms with E-state index in [4.69, 9.17) is 5.11 Å². The van der Waals surface area contributed by atoms with Gasteiger partial charge in [-0.3, -0.25) is 0 Å². The maximum atomic E-state index is 10.2. The zero-order valence-electron chi connectivity index (χ0n) is 15.5. The maximum absolute atomic E-state index is 10.2. The van der Waals surface area contributed by atoms with Gasteiger partial charge in [0.1, 0.15) is 0 Å². The van der Waals surface area contributed by atoms with Crippen LogP contribution in [-0.2, 0) is 4.79 Å². The van der Waals surface area contributed by atoms with E-state index >= 15 is 0 Å². The molecule has 0 bridgehead atoms. The first-order chi connectivity index (χ1) is 12.2. The number of aliphatic hydroxyl groups excluding tert-OH is 1. The minimum atomic E-state index is -0.951. The molecular formula is C22H34O3. The monoisotopic (exact) mass is 346 g/mol. The summed E-state index contributed by atoms with van der Waals surface area (Å²) in [6.07, 6.45) is 27.7. The van der Waals surface area contributed by atoms with Crippen LogP contribution >= 0.6 is 0 Å². The number of aliphatic carboxylic acids is 1. The molecule has 0 amide bonds. The van der Waals surface area contributed by atoms with Gasteiger partial charge in [0.2, 0.25) is 0 Å². The van der Waals surface area contributed by atoms with Crippen LogP contribution < -0.4 is 0 Å². The van der Waals surface area contributed by atoms with Gasteiger partial charge < -0.3 is 10.2 Å². The molecule has 25 heavy (non-hydrogen) atoms. The predicted molar refractivity (Wildman–Crippen MR) is 107 cm³/mol. The predicted octanol–water partition coefficient (Wildman–Crippen LogP) is 5.74. The molecule has 0 saturated carbocycles. The Morgan fingerprint density at radius 2 is 1.32 bits per heavy atom. The van der Waals surface area contributed by atoms with Crippen LogP contribution in [0.5, 0.6) is 0 Å². The van der Waals surface area contributed by atoms with Gasteiger partial charge in [-0.05, 0) is 12.8 Å². The summed E-state index contributed by atoms with van der Waals surface area (Å²) in [5, 5.41) is 18.3. The fourth-order valence-electron chi connectivity index (χ4n) is 2.29. The van der Waals surface area contributed by atoms with Gasteiger partial charge in [0.15, 0.2) is 0 Å². The number of unbranched alkanes of at least 4 members (excludes halogenated alkanes) is 6. The Morgan fingerprint density at radius 3 is 1.92 bits per heavy atom. The van der Waals surface area contributed by atoms with Gasteiger partial charge in [0.05, 0.1) is 6.10 Å². The third-order valence-electron chi connectivity index (χ3n) is 3.70. The van der Waals surface area contributed by atoms with Crippen molar-refractivity contribution < 1.29 is 15.0 Å². The second kappa shape index (κ2) is 18.5. The number of hydrogen-bond donors (Lipinski definition) is 2. The van der Waals surface area contributed by atoms with E-state index < -0.39 is 5.97 Å². The second-order valence-electron chi connectivity index (χ2n) is 6.08. The van der Waals surface area contributed by atoms with Crippen LogP contribution in [0.3, 0.4) is 0 Å². The van der Waals surface area contributed by atoms with E-state index in [0.29, 0.717) is 6.42 Å². The molecule has 3 nitrogen and oxygen atoms in total. The Bertz CT molecular complexity index is 456. The van der Waals surface area contributed by atoms with Gasteiger partial charge in [0, 0.05) is 6.08 Å². The van der Waals surface area contributed by atoms with Crippen LogP contribution in [0, 0.1) is 0 Å². The Balaban J connectivity index is 3.63. The number of carboxylic acids is 1. The van der Waals surface area contributed by atoms with Crippen molar-refractivity contribution in [3.8, 4) is 0 Å². The van der Waals surface area contributed by atoms with Crippen molar-refractivity contribution in [3.63, 3.8) is 0 Å². The molecule has 0 aliphatic rings. The van der Waals surface area contributed by atoms with Crippen LogP contribution in [0.1, 0.15) is 64.7 Å². The maximum Gasteiger partial charge on any atom is 0.328 e. The van der Waals surface area contributed by atoms with E-state index in [1.807, 2.05) is 36.5 Å². The average molecular weight is 347 g/mol. The lowest BCUT2D eigenvalue weighted by Crippen LogP contribution is -2.04. The molecule has 0 fully saturated rings. The van der Waals surface area contributed by atoms with Crippen LogP contribution in [0.25, 0.3) is 0 Å². The fraction of sp³-hybridized carbons (Fsp3) is 0.500. The minimum absolute atomic E-state index is 0.236. The van der Waals surface area contributed by atoms with Crippen LogP contribution in [0.15, 0.2) is 60.8 Å². The first-order valence-electron chi connectivity index (χ1n) is 9.41. The minimum Gasteiger partial charge on any atom is -0.478 e. The molecule has 0 aromatic heterocycles. The number of aliphatic hydroxyl groups is 1. The lowest BCUT2D eigenvalue weighted by molar-refractivity contribution is -0.131. The Labute approximate surface area is 153 Å². The number of hydrogen-bond acceptors (Lipinski definition) is 2. The summed E-state index contributed by atoms with van der Waals surface area (Å²) in [4.78, 5) is 10.2. The molecule has 0 rings (SSSR count). The van der Waals surface area contributed by atoms with Crippen LogP contribution in [-0.4, -0.2) is 22.3 Å². The highest BCUT2D eigenvalue weighted by Crippen LogP contribution is 2.11. The summed E-state index contributed by atoms with van der Waals surface area (Å²) in [5.74, 6) is -0.951. The highest BCUT2D eigenvalue weighted by molar-refractivity contribution is 5.80. The van der Waals surface area contributed by atoms with E-state index in [-0.39, 0.29) is 6.10 Å². The molecule has 0 heterocycles. The fourth-order valence-corrected chi connectivity index (χ4v) is 2.29. The van der Waals surface area contributed by atoms with Crippen molar-refractivity contribution in [2.45, 2.75) is 70.8 Å². The van der Waals surface area contributed by atoms with Crippen molar-refractivity contribution >= 4 is 5.97 Å². The van der Waals surface area contributed by atoms with Crippen molar-refractivity contribution in [1.82, 2.24) is 0 Å². The summed E-state index contributed by atoms with van der Waals surface area (Å²) < 4.78 is 0. The standard InChI is InChI=1S/C22H34O3/c1-2-3-4-5-9-12-15-18-21(23)19-16-13-10-7-6-8-11-14-17-20-22(24)25/h6-8,10-11,13-14,16-17,20-21,23H,2-5,9,12,15,18-19H2,1H3,(H,24,25). The number of carboxylic acid groups (broad SMARTS) is 1. The third-order valence-corrected chi connectivity index (χ3v) is 3.70. The molecule has 0 saturated heterocycles. The summed E-state index contributed by atoms with van der Waals surface area (Å²) in [7, 11) is 0. The smallest absolute Gasteiger partial charge is 0.328 e. The van der Waals surface area contributed by atoms with Gasteiger partial charge in [-0.25, -0.2) is 4.79 Å². The summed E-state index contributed by atoms with van der Waals surface area (Å²) in [5.41, 5.74) is 0. The van der Waals surface area contributed by atoms with E-state index in [0.717, 1.165) is 18.9 Å². The Kier molecular flexibility index (Phi) is 17.1. The molecule has 0 radical (unpaired) electrons. The highest BCUT2D eigenvalue weighted by Gasteiger charge is 2.00. The molecule has 3 heteroatoms. The number of rotatable bonds is 15. The summed E-state index contributed by atoms with van der Waals surface area (Å²) in [6, 6.07) is 0. The molecule has 1 atom stereocenters. The number of allylic oxidation sites excluding steroid dienone is 8. The molecule has 140 valence electrons. The largest absolute Gasteiger partial charge is 0.478 e. The Morgan fingerprint density at radius 1 is 0.800 bits per heavy atom. The van der Waals surface area contributed by atoms with E-state index in [2.05, 4.69) is 6.92 Å². The van der Waals surface area contributed by atoms with Gasteiger partial charge in [-0.15, -0.1) is 0 Å². The first-order valence-corrected chi connectivity index (χ1v) is 9.41. The first kappa shape index (κ1) is 23.1. The van der Waals surface area contributed by atoms with Crippen molar-refractivity contribution in [2.24, 2.45) is 0 Å². The molecule has 0 aromatic rings. The molecule has 2 N–H and O–H groups in total. The Hall–Kier alpha value is -1.87. The molecular weight excluding hydrogens is 312 g/mol. The molecule has 0 aromatic carbocycles. The second-order valence-corrected chi connectivity index (χ2v) is 6.08. The molecule has 1 unspecified atom stereocenters.